The molecule has 5 aromatic rings. The molecule has 5 heteroatoms. The van der Waals surface area contributed by atoms with Crippen molar-refractivity contribution in [1.29, 1.82) is 0 Å². The number of hydrogen-bond donors (Lipinski definition) is 2. The van der Waals surface area contributed by atoms with E-state index in [1.54, 1.807) is 36.4 Å². The zero-order valence-corrected chi connectivity index (χ0v) is 18.8. The number of anilines is 1. The van der Waals surface area contributed by atoms with Crippen LogP contribution in [0.15, 0.2) is 126 Å². The van der Waals surface area contributed by atoms with E-state index in [2.05, 4.69) is 10.3 Å². The molecule has 0 unspecified atom stereocenters. The van der Waals surface area contributed by atoms with Crippen LogP contribution in [0, 0.1) is 0 Å². The topological polar surface area (TPSA) is 71.2 Å². The SMILES string of the molecule is O=C(Nc1ccc(Oc2ccccc2)cc1)c1ccc(-c2ccc(-c3ccccc3)cc2)[nH]c1=O. The molecule has 2 N–H and O–H groups in total. The van der Waals surface area contributed by atoms with Gasteiger partial charge in [0.25, 0.3) is 11.5 Å². The number of rotatable bonds is 6. The van der Waals surface area contributed by atoms with Crippen LogP contribution in [0.3, 0.4) is 0 Å². The summed E-state index contributed by atoms with van der Waals surface area (Å²) < 4.78 is 5.76. The second-order valence-electron chi connectivity index (χ2n) is 7.95. The van der Waals surface area contributed by atoms with Gasteiger partial charge in [0.1, 0.15) is 17.1 Å². The summed E-state index contributed by atoms with van der Waals surface area (Å²) in [6, 6.07) is 37.7. The molecular formula is C30H22N2O3. The van der Waals surface area contributed by atoms with E-state index in [9.17, 15) is 9.59 Å². The first-order valence-corrected chi connectivity index (χ1v) is 11.2. The zero-order valence-electron chi connectivity index (χ0n) is 18.8. The molecule has 170 valence electrons. The molecule has 0 saturated heterocycles. The molecule has 0 atom stereocenters. The minimum atomic E-state index is -0.478. The van der Waals surface area contributed by atoms with Crippen molar-refractivity contribution < 1.29 is 9.53 Å². The Morgan fingerprint density at radius 1 is 0.600 bits per heavy atom. The summed E-state index contributed by atoms with van der Waals surface area (Å²) in [6.07, 6.45) is 0. The number of hydrogen-bond acceptors (Lipinski definition) is 3. The van der Waals surface area contributed by atoms with Gasteiger partial charge in [0, 0.05) is 11.4 Å². The molecule has 0 spiro atoms. The monoisotopic (exact) mass is 458 g/mol. The fourth-order valence-corrected chi connectivity index (χ4v) is 3.72. The molecular weight excluding hydrogens is 436 g/mol. The van der Waals surface area contributed by atoms with E-state index in [1.165, 1.54) is 0 Å². The van der Waals surface area contributed by atoms with Crippen LogP contribution in [0.2, 0.25) is 0 Å². The molecule has 0 saturated carbocycles. The number of benzene rings is 4. The van der Waals surface area contributed by atoms with Gasteiger partial charge in [-0.25, -0.2) is 0 Å². The molecule has 1 heterocycles. The Labute approximate surface area is 202 Å². The molecule has 1 aromatic heterocycles. The molecule has 0 fully saturated rings. The summed E-state index contributed by atoms with van der Waals surface area (Å²) in [5, 5.41) is 2.76. The number of para-hydroxylation sites is 1. The van der Waals surface area contributed by atoms with E-state index < -0.39 is 11.5 Å². The Morgan fingerprint density at radius 3 is 1.83 bits per heavy atom. The van der Waals surface area contributed by atoms with E-state index in [-0.39, 0.29) is 5.56 Å². The van der Waals surface area contributed by atoms with E-state index in [0.29, 0.717) is 17.1 Å². The van der Waals surface area contributed by atoms with Crippen molar-refractivity contribution in [3.8, 4) is 33.9 Å². The average molecular weight is 459 g/mol. The van der Waals surface area contributed by atoms with Gasteiger partial charge in [-0.3, -0.25) is 9.59 Å². The first kappa shape index (κ1) is 21.9. The number of pyridine rings is 1. The van der Waals surface area contributed by atoms with E-state index in [1.807, 2.05) is 84.9 Å². The number of amides is 1. The fourth-order valence-electron chi connectivity index (χ4n) is 3.72. The van der Waals surface area contributed by atoms with Crippen molar-refractivity contribution >= 4 is 11.6 Å². The summed E-state index contributed by atoms with van der Waals surface area (Å²) in [7, 11) is 0. The van der Waals surface area contributed by atoms with Crippen LogP contribution in [0.4, 0.5) is 5.69 Å². The van der Waals surface area contributed by atoms with E-state index >= 15 is 0 Å². The minimum Gasteiger partial charge on any atom is -0.457 e. The first-order valence-electron chi connectivity index (χ1n) is 11.2. The van der Waals surface area contributed by atoms with Crippen molar-refractivity contribution in [2.45, 2.75) is 0 Å². The lowest BCUT2D eigenvalue weighted by atomic mass is 10.0. The van der Waals surface area contributed by atoms with Crippen molar-refractivity contribution in [1.82, 2.24) is 4.98 Å². The second-order valence-corrected chi connectivity index (χ2v) is 7.95. The third-order valence-electron chi connectivity index (χ3n) is 5.55. The van der Waals surface area contributed by atoms with E-state index in [0.717, 1.165) is 22.4 Å². The average Bonchev–Trinajstić information content (AvgIpc) is 2.91. The van der Waals surface area contributed by atoms with Crippen LogP contribution >= 0.6 is 0 Å². The molecule has 5 nitrogen and oxygen atoms in total. The Morgan fingerprint density at radius 2 is 1.17 bits per heavy atom. The van der Waals surface area contributed by atoms with Gasteiger partial charge in [-0.15, -0.1) is 0 Å². The number of carbonyl (C=O) groups is 1. The van der Waals surface area contributed by atoms with Crippen LogP contribution in [0.1, 0.15) is 10.4 Å². The van der Waals surface area contributed by atoms with Gasteiger partial charge < -0.3 is 15.0 Å². The van der Waals surface area contributed by atoms with Crippen LogP contribution in [-0.2, 0) is 0 Å². The first-order chi connectivity index (χ1) is 17.2. The standard InChI is InChI=1S/C30H22N2O3/c33-29(31-24-15-17-26(18-16-24)35-25-9-5-2-6-10-25)27-19-20-28(32-30(27)34)23-13-11-22(12-14-23)21-7-3-1-4-8-21/h1-20H,(H,31,33)(H,32,34). The highest BCUT2D eigenvalue weighted by Crippen LogP contribution is 2.24. The zero-order chi connectivity index (χ0) is 24.0. The van der Waals surface area contributed by atoms with Gasteiger partial charge in [-0.1, -0.05) is 72.8 Å². The Hall–Kier alpha value is -4.90. The second kappa shape index (κ2) is 9.93. The quantitative estimate of drug-likeness (QED) is 0.296. The Bertz CT molecular complexity index is 1490. The van der Waals surface area contributed by atoms with Gasteiger partial charge in [-0.05, 0) is 65.2 Å². The van der Waals surface area contributed by atoms with Crippen molar-refractivity contribution in [3.05, 3.63) is 137 Å². The normalized spacial score (nSPS) is 10.5. The molecule has 5 rings (SSSR count). The van der Waals surface area contributed by atoms with Crippen LogP contribution < -0.4 is 15.6 Å². The maximum Gasteiger partial charge on any atom is 0.261 e. The van der Waals surface area contributed by atoms with Gasteiger partial charge in [0.05, 0.1) is 0 Å². The number of H-pyrrole nitrogens is 1. The van der Waals surface area contributed by atoms with Crippen molar-refractivity contribution in [2.24, 2.45) is 0 Å². The molecule has 0 bridgehead atoms. The lowest BCUT2D eigenvalue weighted by Crippen LogP contribution is -2.23. The lowest BCUT2D eigenvalue weighted by molar-refractivity contribution is 0.102. The predicted molar refractivity (Wildman–Crippen MR) is 139 cm³/mol. The summed E-state index contributed by atoms with van der Waals surface area (Å²) >= 11 is 0. The number of nitrogens with one attached hydrogen (secondary N) is 2. The van der Waals surface area contributed by atoms with Gasteiger partial charge >= 0.3 is 0 Å². The highest BCUT2D eigenvalue weighted by atomic mass is 16.5. The number of ether oxygens (including phenoxy) is 1. The van der Waals surface area contributed by atoms with Crippen LogP contribution in [-0.4, -0.2) is 10.9 Å². The van der Waals surface area contributed by atoms with Gasteiger partial charge in [-0.2, -0.15) is 0 Å². The Balaban J connectivity index is 1.27. The fraction of sp³-hybridized carbons (Fsp3) is 0. The maximum absolute atomic E-state index is 12.7. The lowest BCUT2D eigenvalue weighted by Gasteiger charge is -2.09. The van der Waals surface area contributed by atoms with Gasteiger partial charge in [0.2, 0.25) is 0 Å². The van der Waals surface area contributed by atoms with Gasteiger partial charge in [0.15, 0.2) is 0 Å². The van der Waals surface area contributed by atoms with Crippen LogP contribution in [0.25, 0.3) is 22.4 Å². The molecule has 0 radical (unpaired) electrons. The van der Waals surface area contributed by atoms with Crippen molar-refractivity contribution in [3.63, 3.8) is 0 Å². The molecule has 4 aromatic carbocycles. The largest absolute Gasteiger partial charge is 0.457 e. The molecule has 0 aliphatic rings. The molecule has 1 amide bonds. The molecule has 35 heavy (non-hydrogen) atoms. The third-order valence-corrected chi connectivity index (χ3v) is 5.55. The third kappa shape index (κ3) is 5.20. The van der Waals surface area contributed by atoms with Crippen LogP contribution in [0.5, 0.6) is 11.5 Å². The number of carbonyl (C=O) groups excluding carboxylic acids is 1. The summed E-state index contributed by atoms with van der Waals surface area (Å²) in [4.78, 5) is 28.2. The maximum atomic E-state index is 12.7. The minimum absolute atomic E-state index is 0.0410. The highest BCUT2D eigenvalue weighted by molar-refractivity contribution is 6.04. The number of aromatic amines is 1. The summed E-state index contributed by atoms with van der Waals surface area (Å²) in [5.74, 6) is 0.897. The highest BCUT2D eigenvalue weighted by Gasteiger charge is 2.12. The predicted octanol–water partition coefficient (Wildman–Crippen LogP) is 6.75. The smallest absolute Gasteiger partial charge is 0.261 e. The van der Waals surface area contributed by atoms with Crippen molar-refractivity contribution in [2.75, 3.05) is 5.32 Å². The summed E-state index contributed by atoms with van der Waals surface area (Å²) in [6.45, 7) is 0. The molecule has 0 aliphatic carbocycles. The number of aromatic nitrogens is 1. The summed E-state index contributed by atoms with van der Waals surface area (Å²) in [5.41, 5.74) is 3.88. The molecule has 0 aliphatic heterocycles. The van der Waals surface area contributed by atoms with E-state index in [4.69, 9.17) is 4.74 Å². The Kier molecular flexibility index (Phi) is 6.22.